The molecule has 0 N–H and O–H groups in total. The van der Waals surface area contributed by atoms with Crippen LogP contribution in [-0.4, -0.2) is 47.9 Å². The van der Waals surface area contributed by atoms with Crippen LogP contribution in [0.3, 0.4) is 0 Å². The molecule has 1 saturated heterocycles. The minimum atomic E-state index is -3.69. The van der Waals surface area contributed by atoms with E-state index in [-0.39, 0.29) is 16.3 Å². The van der Waals surface area contributed by atoms with Gasteiger partial charge >= 0.3 is 0 Å². The Morgan fingerprint density at radius 3 is 3.10 bits per heavy atom. The Hall–Kier alpha value is -0.670. The molecule has 0 bridgehead atoms. The zero-order valence-corrected chi connectivity index (χ0v) is 13.9. The number of hydrogen-bond acceptors (Lipinski definition) is 5. The van der Waals surface area contributed by atoms with Gasteiger partial charge in [0, 0.05) is 31.3 Å². The molecule has 0 saturated carbocycles. The molecule has 1 unspecified atom stereocenters. The van der Waals surface area contributed by atoms with E-state index in [9.17, 15) is 8.42 Å². The van der Waals surface area contributed by atoms with Crippen molar-refractivity contribution in [1.29, 1.82) is 0 Å². The summed E-state index contributed by atoms with van der Waals surface area (Å²) in [5.74, 6) is 0. The largest absolute Gasteiger partial charge is 0.377 e. The topological polar surface area (TPSA) is 63.9 Å². The highest BCUT2D eigenvalue weighted by molar-refractivity contribution is 7.89. The highest BCUT2D eigenvalue weighted by Gasteiger charge is 2.33. The molecule has 0 radical (unpaired) electrons. The minimum Gasteiger partial charge on any atom is -0.377 e. The number of hydrogen-bond donors (Lipinski definition) is 0. The van der Waals surface area contributed by atoms with Gasteiger partial charge < -0.3 is 4.74 Å². The van der Waals surface area contributed by atoms with Crippen molar-refractivity contribution in [2.45, 2.75) is 30.9 Å². The van der Waals surface area contributed by atoms with Crippen LogP contribution in [0.4, 0.5) is 0 Å². The molecule has 2 aromatic heterocycles. The Bertz CT molecular complexity index is 734. The maximum atomic E-state index is 12.9. The summed E-state index contributed by atoms with van der Waals surface area (Å²) in [5, 5.41) is 1.85. The monoisotopic (exact) mass is 349 g/mol. The molecule has 6 nitrogen and oxygen atoms in total. The van der Waals surface area contributed by atoms with E-state index in [4.69, 9.17) is 16.3 Å². The van der Waals surface area contributed by atoms with Crippen LogP contribution in [-0.2, 0) is 14.8 Å². The Balaban J connectivity index is 1.97. The maximum absolute atomic E-state index is 12.9. The standard InChI is InChI=1S/C12H16ClN3O3S2/c1-2-15(8-9-4-3-6-19-9)21(17,18)11-10(13)14-12-16(11)5-7-20-12/h5,7,9H,2-4,6,8H2,1H3. The molecule has 0 spiro atoms. The van der Waals surface area contributed by atoms with Crippen LogP contribution in [0.5, 0.6) is 0 Å². The number of rotatable bonds is 5. The molecule has 1 atom stereocenters. The lowest BCUT2D eigenvalue weighted by molar-refractivity contribution is 0.0946. The van der Waals surface area contributed by atoms with Gasteiger partial charge in [-0.1, -0.05) is 18.5 Å². The molecule has 0 aromatic carbocycles. The van der Waals surface area contributed by atoms with Crippen molar-refractivity contribution in [1.82, 2.24) is 13.7 Å². The van der Waals surface area contributed by atoms with Crippen molar-refractivity contribution in [3.8, 4) is 0 Å². The zero-order valence-electron chi connectivity index (χ0n) is 11.5. The van der Waals surface area contributed by atoms with E-state index in [0.29, 0.717) is 24.7 Å². The number of likely N-dealkylation sites (N-methyl/N-ethyl adjacent to an activating group) is 1. The van der Waals surface area contributed by atoms with E-state index in [1.807, 2.05) is 6.92 Å². The van der Waals surface area contributed by atoms with Gasteiger partial charge in [0.2, 0.25) is 0 Å². The minimum absolute atomic E-state index is 0.0210. The summed E-state index contributed by atoms with van der Waals surface area (Å²) < 4.78 is 34.2. The zero-order chi connectivity index (χ0) is 15.0. The second-order valence-corrected chi connectivity index (χ2v) is 7.94. The number of nitrogens with zero attached hydrogens (tertiary/aromatic N) is 3. The highest BCUT2D eigenvalue weighted by Crippen LogP contribution is 2.28. The highest BCUT2D eigenvalue weighted by atomic mass is 35.5. The summed E-state index contributed by atoms with van der Waals surface area (Å²) in [6, 6.07) is 0. The van der Waals surface area contributed by atoms with E-state index in [1.54, 1.807) is 11.6 Å². The molecule has 2 aromatic rings. The first-order valence-electron chi connectivity index (χ1n) is 6.77. The molecule has 1 aliphatic heterocycles. The van der Waals surface area contributed by atoms with Crippen molar-refractivity contribution in [3.05, 3.63) is 16.7 Å². The predicted molar refractivity (Wildman–Crippen MR) is 81.5 cm³/mol. The van der Waals surface area contributed by atoms with Gasteiger partial charge in [0.25, 0.3) is 10.0 Å². The number of sulfonamides is 1. The number of imidazole rings is 1. The van der Waals surface area contributed by atoms with Crippen molar-refractivity contribution in [3.63, 3.8) is 0 Å². The third-order valence-electron chi connectivity index (χ3n) is 3.55. The summed E-state index contributed by atoms with van der Waals surface area (Å²) in [4.78, 5) is 4.67. The van der Waals surface area contributed by atoms with Gasteiger partial charge in [-0.05, 0) is 12.8 Å². The van der Waals surface area contributed by atoms with Gasteiger partial charge in [-0.15, -0.1) is 11.3 Å². The van der Waals surface area contributed by atoms with Crippen LogP contribution in [0.2, 0.25) is 5.15 Å². The van der Waals surface area contributed by atoms with E-state index in [2.05, 4.69) is 4.98 Å². The second kappa shape index (κ2) is 5.85. The molecular weight excluding hydrogens is 334 g/mol. The van der Waals surface area contributed by atoms with Crippen molar-refractivity contribution >= 4 is 37.9 Å². The van der Waals surface area contributed by atoms with Gasteiger partial charge in [-0.25, -0.2) is 13.4 Å². The summed E-state index contributed by atoms with van der Waals surface area (Å²) in [6.45, 7) is 3.24. The Morgan fingerprint density at radius 2 is 2.43 bits per heavy atom. The lowest BCUT2D eigenvalue weighted by Gasteiger charge is -2.23. The van der Waals surface area contributed by atoms with Gasteiger partial charge in [-0.3, -0.25) is 4.40 Å². The normalized spacial score (nSPS) is 19.9. The summed E-state index contributed by atoms with van der Waals surface area (Å²) in [7, 11) is -3.69. The Kier molecular flexibility index (Phi) is 4.24. The molecule has 0 amide bonds. The van der Waals surface area contributed by atoms with Crippen molar-refractivity contribution in [2.24, 2.45) is 0 Å². The van der Waals surface area contributed by atoms with Crippen LogP contribution < -0.4 is 0 Å². The first-order chi connectivity index (χ1) is 10.0. The number of aromatic nitrogens is 2. The van der Waals surface area contributed by atoms with Crippen LogP contribution in [0.25, 0.3) is 4.96 Å². The molecule has 116 valence electrons. The molecule has 3 rings (SSSR count). The van der Waals surface area contributed by atoms with Crippen LogP contribution in [0.15, 0.2) is 16.6 Å². The predicted octanol–water partition coefficient (Wildman–Crippen LogP) is 2.24. The molecule has 21 heavy (non-hydrogen) atoms. The quantitative estimate of drug-likeness (QED) is 0.830. The molecular formula is C12H16ClN3O3S2. The number of fused-ring (bicyclic) bond motifs is 1. The van der Waals surface area contributed by atoms with Gasteiger partial charge in [0.15, 0.2) is 15.1 Å². The Labute approximate surface area is 132 Å². The first-order valence-corrected chi connectivity index (χ1v) is 9.46. The Morgan fingerprint density at radius 1 is 1.62 bits per heavy atom. The summed E-state index contributed by atoms with van der Waals surface area (Å²) >= 11 is 7.40. The number of halogens is 1. The summed E-state index contributed by atoms with van der Waals surface area (Å²) in [6.07, 6.45) is 3.50. The van der Waals surface area contributed by atoms with Gasteiger partial charge in [0.1, 0.15) is 0 Å². The smallest absolute Gasteiger partial charge is 0.262 e. The molecule has 3 heterocycles. The van der Waals surface area contributed by atoms with Gasteiger partial charge in [-0.2, -0.15) is 4.31 Å². The average Bonchev–Trinajstić information content (AvgIpc) is 3.11. The third kappa shape index (κ3) is 2.70. The maximum Gasteiger partial charge on any atom is 0.262 e. The summed E-state index contributed by atoms with van der Waals surface area (Å²) in [5.41, 5.74) is 0. The molecule has 1 fully saturated rings. The number of thiazole rings is 1. The van der Waals surface area contributed by atoms with E-state index in [0.717, 1.165) is 12.8 Å². The molecule has 9 heteroatoms. The van der Waals surface area contributed by atoms with Crippen LogP contribution >= 0.6 is 22.9 Å². The lowest BCUT2D eigenvalue weighted by Crippen LogP contribution is -2.37. The fraction of sp³-hybridized carbons (Fsp3) is 0.583. The van der Waals surface area contributed by atoms with E-state index < -0.39 is 10.0 Å². The third-order valence-corrected chi connectivity index (χ3v) is 6.64. The van der Waals surface area contributed by atoms with E-state index in [1.165, 1.54) is 20.0 Å². The van der Waals surface area contributed by atoms with Crippen molar-refractivity contribution < 1.29 is 13.2 Å². The first kappa shape index (κ1) is 15.2. The SMILES string of the molecule is CCN(CC1CCCO1)S(=O)(=O)c1c(Cl)nc2sccn12. The number of ether oxygens (including phenoxy) is 1. The lowest BCUT2D eigenvalue weighted by atomic mass is 10.2. The van der Waals surface area contributed by atoms with Crippen LogP contribution in [0.1, 0.15) is 19.8 Å². The van der Waals surface area contributed by atoms with Crippen molar-refractivity contribution in [2.75, 3.05) is 19.7 Å². The fourth-order valence-electron chi connectivity index (χ4n) is 2.50. The van der Waals surface area contributed by atoms with Gasteiger partial charge in [0.05, 0.1) is 6.10 Å². The average molecular weight is 350 g/mol. The van der Waals surface area contributed by atoms with E-state index >= 15 is 0 Å². The molecule has 1 aliphatic rings. The molecule has 0 aliphatic carbocycles. The fourth-order valence-corrected chi connectivity index (χ4v) is 5.39. The second-order valence-electron chi connectivity index (χ2n) is 4.85. The van der Waals surface area contributed by atoms with Crippen LogP contribution in [0, 0.1) is 0 Å².